The van der Waals surface area contributed by atoms with Gasteiger partial charge in [0.15, 0.2) is 0 Å². The lowest BCUT2D eigenvalue weighted by Crippen LogP contribution is -2.62. The third-order valence-electron chi connectivity index (χ3n) is 5.10. The van der Waals surface area contributed by atoms with E-state index in [0.29, 0.717) is 22.3 Å². The van der Waals surface area contributed by atoms with Crippen LogP contribution in [-0.4, -0.2) is 36.2 Å². The van der Waals surface area contributed by atoms with E-state index in [9.17, 15) is 9.18 Å². The Morgan fingerprint density at radius 3 is 2.71 bits per heavy atom. The second-order valence-corrected chi connectivity index (χ2v) is 7.77. The number of likely N-dealkylation sites (tertiary alicyclic amines) is 1. The van der Waals surface area contributed by atoms with E-state index >= 15 is 0 Å². The van der Waals surface area contributed by atoms with Crippen molar-refractivity contribution in [2.24, 2.45) is 0 Å². The maximum absolute atomic E-state index is 13.4. The molecule has 1 amide bonds. The Morgan fingerprint density at radius 1 is 1.29 bits per heavy atom. The lowest BCUT2D eigenvalue weighted by Gasteiger charge is -2.47. The summed E-state index contributed by atoms with van der Waals surface area (Å²) in [5.41, 5.74) is 1.44. The highest BCUT2D eigenvalue weighted by Gasteiger charge is 2.51. The molecule has 0 N–H and O–H groups in total. The van der Waals surface area contributed by atoms with E-state index in [2.05, 4.69) is 22.0 Å². The summed E-state index contributed by atoms with van der Waals surface area (Å²) in [5, 5.41) is 9.03. The summed E-state index contributed by atoms with van der Waals surface area (Å²) in [6.45, 7) is 1.23. The summed E-state index contributed by atoms with van der Waals surface area (Å²) in [7, 11) is 0. The minimum atomic E-state index is -0.712. The molecule has 2 aromatic carbocycles. The monoisotopic (exact) mass is 444 g/mol. The average molecular weight is 445 g/mol. The van der Waals surface area contributed by atoms with Crippen molar-refractivity contribution in [1.82, 2.24) is 4.90 Å². The number of nitriles is 1. The van der Waals surface area contributed by atoms with Gasteiger partial charge in [-0.05, 0) is 64.7 Å². The number of carbonyl (C=O) groups is 1. The number of hydrogen-bond donors (Lipinski definition) is 0. The average Bonchev–Trinajstić information content (AvgIpc) is 3.21. The van der Waals surface area contributed by atoms with E-state index in [0.717, 1.165) is 25.0 Å². The summed E-state index contributed by atoms with van der Waals surface area (Å²) in [6, 6.07) is 13.1. The lowest BCUT2D eigenvalue weighted by atomic mass is 9.89. The fourth-order valence-corrected chi connectivity index (χ4v) is 4.10. The van der Waals surface area contributed by atoms with Gasteiger partial charge in [-0.25, -0.2) is 4.39 Å². The highest BCUT2D eigenvalue weighted by molar-refractivity contribution is 9.10. The molecule has 2 aromatic rings. The van der Waals surface area contributed by atoms with E-state index in [-0.39, 0.29) is 23.9 Å². The van der Waals surface area contributed by atoms with Crippen molar-refractivity contribution >= 4 is 21.8 Å². The van der Waals surface area contributed by atoms with Gasteiger partial charge in [0.2, 0.25) is 6.10 Å². The highest BCUT2D eigenvalue weighted by Crippen LogP contribution is 2.40. The normalized spacial score (nSPS) is 24.0. The third-order valence-corrected chi connectivity index (χ3v) is 5.72. The van der Waals surface area contributed by atoms with Crippen LogP contribution in [0.2, 0.25) is 0 Å². The maximum atomic E-state index is 13.4. The largest absolute Gasteiger partial charge is 0.477 e. The molecular formula is C21H18BrFN2O3. The molecule has 28 heavy (non-hydrogen) atoms. The first-order valence-corrected chi connectivity index (χ1v) is 9.90. The topological polar surface area (TPSA) is 62.6 Å². The van der Waals surface area contributed by atoms with Crippen molar-refractivity contribution < 1.29 is 18.7 Å². The molecule has 0 aliphatic carbocycles. The molecule has 0 unspecified atom stereocenters. The molecule has 0 radical (unpaired) electrons. The number of carbonyl (C=O) groups excluding carboxylic acids is 1. The Hall–Kier alpha value is -2.43. The van der Waals surface area contributed by atoms with Crippen LogP contribution in [0.15, 0.2) is 46.9 Å². The van der Waals surface area contributed by atoms with Crippen LogP contribution < -0.4 is 4.74 Å². The van der Waals surface area contributed by atoms with E-state index < -0.39 is 6.10 Å². The zero-order valence-corrected chi connectivity index (χ0v) is 16.6. The van der Waals surface area contributed by atoms with Crippen molar-refractivity contribution in [3.05, 3.63) is 63.9 Å². The Bertz CT molecular complexity index is 922. The van der Waals surface area contributed by atoms with Gasteiger partial charge >= 0.3 is 0 Å². The van der Waals surface area contributed by atoms with Crippen molar-refractivity contribution in [2.75, 3.05) is 13.2 Å². The van der Waals surface area contributed by atoms with E-state index in [1.54, 1.807) is 17.0 Å². The summed E-state index contributed by atoms with van der Waals surface area (Å²) < 4.78 is 25.5. The predicted octanol–water partition coefficient (Wildman–Crippen LogP) is 3.97. The third kappa shape index (κ3) is 3.62. The van der Waals surface area contributed by atoms with Crippen molar-refractivity contribution in [3.8, 4) is 11.8 Å². The van der Waals surface area contributed by atoms with Gasteiger partial charge in [0, 0.05) is 13.2 Å². The Labute approximate surface area is 170 Å². The van der Waals surface area contributed by atoms with Crippen molar-refractivity contribution in [2.45, 2.75) is 31.1 Å². The first-order chi connectivity index (χ1) is 13.6. The molecule has 2 aliphatic rings. The summed E-state index contributed by atoms with van der Waals surface area (Å²) >= 11 is 3.28. The standard InChI is InChI=1S/C21H18BrFN2O3/c22-17-10-15(23)7-8-18(17)28-20-19(14-5-3-13(11-24)4-6-14)25(21(20)26)12-16-2-1-9-27-16/h3-8,10,16,19-20H,1-2,9,12H2/t16-,19-,20-/m1/s1. The van der Waals surface area contributed by atoms with E-state index in [1.807, 2.05) is 12.1 Å². The van der Waals surface area contributed by atoms with Crippen molar-refractivity contribution in [3.63, 3.8) is 0 Å². The molecule has 0 saturated carbocycles. The number of rotatable bonds is 5. The number of nitrogens with zero attached hydrogens (tertiary/aromatic N) is 2. The molecule has 0 spiro atoms. The predicted molar refractivity (Wildman–Crippen MR) is 103 cm³/mol. The maximum Gasteiger partial charge on any atom is 0.266 e. The first-order valence-electron chi connectivity index (χ1n) is 9.10. The molecule has 144 valence electrons. The molecule has 4 rings (SSSR count). The van der Waals surface area contributed by atoms with Crippen LogP contribution in [0, 0.1) is 17.1 Å². The van der Waals surface area contributed by atoms with Gasteiger partial charge in [-0.1, -0.05) is 12.1 Å². The summed E-state index contributed by atoms with van der Waals surface area (Å²) in [5.74, 6) is -0.0981. The summed E-state index contributed by atoms with van der Waals surface area (Å²) in [6.07, 6.45) is 1.25. The van der Waals surface area contributed by atoms with Crippen LogP contribution in [0.3, 0.4) is 0 Å². The minimum Gasteiger partial charge on any atom is -0.477 e. The molecule has 0 bridgehead atoms. The number of halogens is 2. The Kier molecular flexibility index (Phi) is 5.33. The van der Waals surface area contributed by atoms with Crippen LogP contribution in [0.25, 0.3) is 0 Å². The van der Waals surface area contributed by atoms with Gasteiger partial charge in [0.05, 0.1) is 22.2 Å². The van der Waals surface area contributed by atoms with Gasteiger partial charge in [0.1, 0.15) is 17.6 Å². The zero-order valence-electron chi connectivity index (χ0n) is 15.0. The van der Waals surface area contributed by atoms with E-state index in [4.69, 9.17) is 14.7 Å². The first kappa shape index (κ1) is 18.9. The fourth-order valence-electron chi connectivity index (χ4n) is 3.66. The molecular weight excluding hydrogens is 427 g/mol. The SMILES string of the molecule is N#Cc1ccc([C@@H]2[C@@H](Oc3ccc(F)cc3Br)C(=O)N2C[C@H]2CCCO2)cc1. The van der Waals surface area contributed by atoms with Gasteiger partial charge in [-0.2, -0.15) is 5.26 Å². The molecule has 2 saturated heterocycles. The molecule has 3 atom stereocenters. The fraction of sp³-hybridized carbons (Fsp3) is 0.333. The molecule has 5 nitrogen and oxygen atoms in total. The van der Waals surface area contributed by atoms with Crippen LogP contribution in [0.5, 0.6) is 5.75 Å². The van der Waals surface area contributed by atoms with Crippen molar-refractivity contribution in [1.29, 1.82) is 5.26 Å². The minimum absolute atomic E-state index is 0.0309. The number of β-lactam (4-membered cyclic amide) rings is 1. The van der Waals surface area contributed by atoms with Gasteiger partial charge in [-0.15, -0.1) is 0 Å². The van der Waals surface area contributed by atoms with Gasteiger partial charge in [-0.3, -0.25) is 4.79 Å². The number of benzene rings is 2. The number of hydrogen-bond acceptors (Lipinski definition) is 4. The molecule has 2 fully saturated rings. The Balaban J connectivity index is 1.59. The zero-order chi connectivity index (χ0) is 19.7. The molecule has 7 heteroatoms. The summed E-state index contributed by atoms with van der Waals surface area (Å²) in [4.78, 5) is 14.6. The van der Waals surface area contributed by atoms with Crippen LogP contribution in [0.4, 0.5) is 4.39 Å². The highest BCUT2D eigenvalue weighted by atomic mass is 79.9. The quantitative estimate of drug-likeness (QED) is 0.654. The second-order valence-electron chi connectivity index (χ2n) is 6.92. The Morgan fingerprint density at radius 2 is 2.07 bits per heavy atom. The van der Waals surface area contributed by atoms with Crippen LogP contribution >= 0.6 is 15.9 Å². The lowest BCUT2D eigenvalue weighted by molar-refractivity contribution is -0.167. The van der Waals surface area contributed by atoms with Crippen LogP contribution in [0.1, 0.15) is 30.0 Å². The molecule has 2 heterocycles. The van der Waals surface area contributed by atoms with Gasteiger partial charge < -0.3 is 14.4 Å². The smallest absolute Gasteiger partial charge is 0.266 e. The number of amides is 1. The second kappa shape index (κ2) is 7.90. The molecule has 2 aliphatic heterocycles. The van der Waals surface area contributed by atoms with Crippen LogP contribution in [-0.2, 0) is 9.53 Å². The van der Waals surface area contributed by atoms with Gasteiger partial charge in [0.25, 0.3) is 5.91 Å². The molecule has 0 aromatic heterocycles. The van der Waals surface area contributed by atoms with E-state index in [1.165, 1.54) is 18.2 Å². The number of ether oxygens (including phenoxy) is 2.